The number of hydrogen-bond donors (Lipinski definition) is 1. The molecule has 25 heavy (non-hydrogen) atoms. The van der Waals surface area contributed by atoms with E-state index in [9.17, 15) is 4.79 Å². The topological polar surface area (TPSA) is 46.3 Å². The number of likely N-dealkylation sites (tertiary alicyclic amines) is 1. The molecule has 1 heterocycles. The number of fused-ring (bicyclic) bond motifs is 1. The summed E-state index contributed by atoms with van der Waals surface area (Å²) in [6.45, 7) is 3.52. The van der Waals surface area contributed by atoms with Crippen LogP contribution in [-0.2, 0) is 0 Å². The summed E-state index contributed by atoms with van der Waals surface area (Å²) in [4.78, 5) is 15.5. The smallest absolute Gasteiger partial charge is 0.254 e. The highest BCUT2D eigenvalue weighted by atomic mass is 16.2. The Morgan fingerprint density at radius 3 is 2.80 bits per heavy atom. The van der Waals surface area contributed by atoms with E-state index in [1.807, 2.05) is 18.2 Å². The summed E-state index contributed by atoms with van der Waals surface area (Å²) in [5, 5.41) is 0. The van der Waals surface area contributed by atoms with E-state index < -0.39 is 0 Å². The summed E-state index contributed by atoms with van der Waals surface area (Å²) in [7, 11) is 0. The molecule has 3 nitrogen and oxygen atoms in total. The molecule has 2 aromatic carbocycles. The minimum Gasteiger partial charge on any atom is -0.334 e. The predicted molar refractivity (Wildman–Crippen MR) is 101 cm³/mol. The van der Waals surface area contributed by atoms with Crippen LogP contribution in [0.1, 0.15) is 35.2 Å². The summed E-state index contributed by atoms with van der Waals surface area (Å²) in [5.41, 5.74) is 10.2. The lowest BCUT2D eigenvalue weighted by Gasteiger charge is -2.27. The molecule has 0 spiro atoms. The van der Waals surface area contributed by atoms with Gasteiger partial charge in [0.25, 0.3) is 5.91 Å². The van der Waals surface area contributed by atoms with Crippen LogP contribution in [0.5, 0.6) is 0 Å². The number of rotatable bonds is 3. The van der Waals surface area contributed by atoms with Crippen molar-refractivity contribution in [2.45, 2.75) is 32.2 Å². The van der Waals surface area contributed by atoms with E-state index in [4.69, 9.17) is 5.73 Å². The Morgan fingerprint density at radius 2 is 2.00 bits per heavy atom. The molecule has 3 atom stereocenters. The molecule has 2 aliphatic rings. The van der Waals surface area contributed by atoms with E-state index in [0.29, 0.717) is 18.4 Å². The molecule has 1 aliphatic heterocycles. The zero-order valence-corrected chi connectivity index (χ0v) is 14.8. The van der Waals surface area contributed by atoms with Crippen LogP contribution in [0.2, 0.25) is 0 Å². The Hall–Kier alpha value is -2.13. The zero-order chi connectivity index (χ0) is 17.4. The van der Waals surface area contributed by atoms with Crippen molar-refractivity contribution >= 4 is 5.91 Å². The molecule has 0 radical (unpaired) electrons. The minimum absolute atomic E-state index is 0.141. The Kier molecular flexibility index (Phi) is 4.34. The number of carbonyl (C=O) groups is 1. The van der Waals surface area contributed by atoms with Crippen LogP contribution in [0.15, 0.2) is 48.5 Å². The molecule has 2 aromatic rings. The number of hydrogen-bond acceptors (Lipinski definition) is 2. The van der Waals surface area contributed by atoms with Gasteiger partial charge in [-0.25, -0.2) is 0 Å². The van der Waals surface area contributed by atoms with Crippen LogP contribution < -0.4 is 5.73 Å². The molecule has 2 fully saturated rings. The van der Waals surface area contributed by atoms with Gasteiger partial charge < -0.3 is 10.6 Å². The highest BCUT2D eigenvalue weighted by Crippen LogP contribution is 2.42. The van der Waals surface area contributed by atoms with Crippen molar-refractivity contribution < 1.29 is 4.79 Å². The van der Waals surface area contributed by atoms with Crippen molar-refractivity contribution in [2.75, 3.05) is 13.1 Å². The van der Waals surface area contributed by atoms with E-state index in [1.165, 1.54) is 24.8 Å². The third-order valence-electron chi connectivity index (χ3n) is 6.03. The molecule has 3 heteroatoms. The van der Waals surface area contributed by atoms with Crippen molar-refractivity contribution in [3.8, 4) is 11.1 Å². The van der Waals surface area contributed by atoms with Gasteiger partial charge in [-0.2, -0.15) is 0 Å². The number of benzene rings is 2. The van der Waals surface area contributed by atoms with Crippen LogP contribution in [0, 0.1) is 18.8 Å². The summed E-state index contributed by atoms with van der Waals surface area (Å²) in [5.74, 6) is 1.38. The third kappa shape index (κ3) is 2.87. The second kappa shape index (κ2) is 6.64. The number of aryl methyl sites for hydroxylation is 1. The molecule has 130 valence electrons. The van der Waals surface area contributed by atoms with Crippen molar-refractivity contribution in [1.82, 2.24) is 4.90 Å². The van der Waals surface area contributed by atoms with Gasteiger partial charge in [0.15, 0.2) is 0 Å². The van der Waals surface area contributed by atoms with E-state index >= 15 is 0 Å². The highest BCUT2D eigenvalue weighted by molar-refractivity contribution is 6.01. The van der Waals surface area contributed by atoms with Gasteiger partial charge in [0, 0.05) is 24.7 Å². The first-order valence-electron chi connectivity index (χ1n) is 9.36. The van der Waals surface area contributed by atoms with Gasteiger partial charge in [-0.1, -0.05) is 54.4 Å². The summed E-state index contributed by atoms with van der Waals surface area (Å²) < 4.78 is 0. The summed E-state index contributed by atoms with van der Waals surface area (Å²) in [6.07, 6.45) is 3.74. The maximum atomic E-state index is 13.4. The molecule has 0 aromatic heterocycles. The van der Waals surface area contributed by atoms with Gasteiger partial charge in [0.1, 0.15) is 0 Å². The van der Waals surface area contributed by atoms with Crippen LogP contribution in [0.3, 0.4) is 0 Å². The molecule has 4 rings (SSSR count). The predicted octanol–water partition coefficient (Wildman–Crippen LogP) is 3.86. The lowest BCUT2D eigenvalue weighted by Crippen LogP contribution is -2.42. The SMILES string of the molecule is Cc1cccc(-c2ccccc2C(=O)N2C[C@@H]3CCC[C@@H]3[C@H]2CN)c1. The van der Waals surface area contributed by atoms with Crippen LogP contribution in [0.25, 0.3) is 11.1 Å². The molecule has 0 bridgehead atoms. The fourth-order valence-electron chi connectivity index (χ4n) is 4.84. The van der Waals surface area contributed by atoms with E-state index in [1.54, 1.807) is 0 Å². The molecular formula is C22H26N2O. The quantitative estimate of drug-likeness (QED) is 0.926. The monoisotopic (exact) mass is 334 g/mol. The average Bonchev–Trinajstić information content (AvgIpc) is 3.22. The third-order valence-corrected chi connectivity index (χ3v) is 6.03. The fraction of sp³-hybridized carbons (Fsp3) is 0.409. The van der Waals surface area contributed by atoms with Crippen molar-refractivity contribution in [1.29, 1.82) is 0 Å². The van der Waals surface area contributed by atoms with E-state index in [0.717, 1.165) is 23.2 Å². The van der Waals surface area contributed by atoms with Crippen LogP contribution >= 0.6 is 0 Å². The first-order valence-corrected chi connectivity index (χ1v) is 9.36. The minimum atomic E-state index is 0.141. The highest BCUT2D eigenvalue weighted by Gasteiger charge is 2.45. The second-order valence-corrected chi connectivity index (χ2v) is 7.53. The molecule has 1 saturated carbocycles. The maximum absolute atomic E-state index is 13.4. The van der Waals surface area contributed by atoms with Crippen molar-refractivity contribution in [3.63, 3.8) is 0 Å². The number of nitrogens with two attached hydrogens (primary N) is 1. The average molecular weight is 334 g/mol. The maximum Gasteiger partial charge on any atom is 0.254 e. The second-order valence-electron chi connectivity index (χ2n) is 7.53. The lowest BCUT2D eigenvalue weighted by atomic mass is 9.94. The largest absolute Gasteiger partial charge is 0.334 e. The number of amides is 1. The van der Waals surface area contributed by atoms with Crippen LogP contribution in [-0.4, -0.2) is 29.9 Å². The van der Waals surface area contributed by atoms with Crippen LogP contribution in [0.4, 0.5) is 0 Å². The van der Waals surface area contributed by atoms with E-state index in [2.05, 4.69) is 42.2 Å². The Balaban J connectivity index is 1.69. The van der Waals surface area contributed by atoms with Crippen molar-refractivity contribution in [2.24, 2.45) is 17.6 Å². The number of nitrogens with zero attached hydrogens (tertiary/aromatic N) is 1. The van der Waals surface area contributed by atoms with E-state index in [-0.39, 0.29) is 11.9 Å². The first-order chi connectivity index (χ1) is 12.2. The lowest BCUT2D eigenvalue weighted by molar-refractivity contribution is 0.0719. The fourth-order valence-corrected chi connectivity index (χ4v) is 4.84. The Labute approximate surface area is 149 Å². The molecule has 1 saturated heterocycles. The Bertz CT molecular complexity index is 785. The van der Waals surface area contributed by atoms with Gasteiger partial charge >= 0.3 is 0 Å². The summed E-state index contributed by atoms with van der Waals surface area (Å²) >= 11 is 0. The zero-order valence-electron chi connectivity index (χ0n) is 14.8. The molecule has 0 unspecified atom stereocenters. The Morgan fingerprint density at radius 1 is 1.16 bits per heavy atom. The van der Waals surface area contributed by atoms with Gasteiger partial charge in [0.05, 0.1) is 0 Å². The van der Waals surface area contributed by atoms with Gasteiger partial charge in [-0.05, 0) is 48.8 Å². The molecule has 1 amide bonds. The normalized spacial score (nSPS) is 25.2. The van der Waals surface area contributed by atoms with Gasteiger partial charge in [0.2, 0.25) is 0 Å². The van der Waals surface area contributed by atoms with Gasteiger partial charge in [-0.15, -0.1) is 0 Å². The first kappa shape index (κ1) is 16.3. The van der Waals surface area contributed by atoms with Crippen molar-refractivity contribution in [3.05, 3.63) is 59.7 Å². The molecule has 2 N–H and O–H groups in total. The molecular weight excluding hydrogens is 308 g/mol. The number of carbonyl (C=O) groups excluding carboxylic acids is 1. The standard InChI is InChI=1S/C22H26N2O/c1-15-6-4-7-16(12-15)18-9-2-3-10-20(18)22(25)24-14-17-8-5-11-19(17)21(24)13-23/h2-4,6-7,9-10,12,17,19,21H,5,8,11,13-14,23H2,1H3/t17-,19-,21+/m0/s1. The molecule has 1 aliphatic carbocycles. The van der Waals surface area contributed by atoms with Gasteiger partial charge in [-0.3, -0.25) is 4.79 Å². The summed E-state index contributed by atoms with van der Waals surface area (Å²) in [6, 6.07) is 16.5.